The summed E-state index contributed by atoms with van der Waals surface area (Å²) in [7, 11) is 0. The molecule has 0 aromatic rings. The fourth-order valence-corrected chi connectivity index (χ4v) is 13.7. The number of fused-ring (bicyclic) bond motifs is 7. The van der Waals surface area contributed by atoms with Crippen LogP contribution in [0.4, 0.5) is 0 Å². The van der Waals surface area contributed by atoms with E-state index < -0.39 is 85.5 Å². The van der Waals surface area contributed by atoms with Crippen molar-refractivity contribution in [2.45, 2.75) is 187 Å². The molecule has 55 heavy (non-hydrogen) atoms. The number of aliphatic hydroxyl groups is 7. The van der Waals surface area contributed by atoms with E-state index in [4.69, 9.17) is 18.9 Å². The molecule has 314 valence electrons. The Bertz CT molecular complexity index is 1500. The molecule has 0 spiro atoms. The minimum Gasteiger partial charge on any atom is -0.479 e. The SMILES string of the molecule is CC1(C)C[C@@H](O)[C@]2(C)CC[C@]3(C)C(=CC[C@@H]4[C@@]5(C)CC[C@H](O[C@@H]6O[C@H](C(=O)O)[C@@H](O)[C@H](O)[C@H]6O[C@@H]6O[C@H](CO)[C@@H](O)[C@H](O)[C@H]6O)C(C)(C)[C@@H]5CC[C@]43C)[C@@H]2C1. The van der Waals surface area contributed by atoms with Crippen LogP contribution in [0.1, 0.15) is 113 Å². The lowest BCUT2D eigenvalue weighted by Gasteiger charge is -2.71. The normalized spacial score (nSPS) is 54.5. The highest BCUT2D eigenvalue weighted by Gasteiger charge is 2.69. The standard InChI is InChI=1S/C42H68O13/c1-37(2)17-21-20-9-10-24-40(6)13-12-26(38(3,4)23(40)11-14-42(24,8)41(20,7)16-15-39(21,5)25(44)18-37)53-36-33(30(48)29(47)32(54-36)34(50)51)55-35-31(49)28(46)27(45)22(19-43)52-35/h9,21-33,35-36,43-49H,10-19H2,1-8H3,(H,50,51)/t21-,22+,23-,24+,25+,26-,27+,28-,29-,30-,31+,32-,33+,35-,36+,39+,40-,41+,42+/m0/s1. The van der Waals surface area contributed by atoms with Crippen LogP contribution in [0, 0.1) is 50.2 Å². The smallest absolute Gasteiger partial charge is 0.335 e. The van der Waals surface area contributed by atoms with E-state index in [1.807, 2.05) is 0 Å². The summed E-state index contributed by atoms with van der Waals surface area (Å²) in [5.74, 6) is -0.522. The lowest BCUT2D eigenvalue weighted by Crippen LogP contribution is -2.67. The summed E-state index contributed by atoms with van der Waals surface area (Å²) < 4.78 is 24.0. The number of hydrogen-bond donors (Lipinski definition) is 8. The Balaban J connectivity index is 1.15. The summed E-state index contributed by atoms with van der Waals surface area (Å²) in [5.41, 5.74) is 1.09. The quantitative estimate of drug-likeness (QED) is 0.144. The Hall–Kier alpha value is -1.23. The van der Waals surface area contributed by atoms with Crippen LogP contribution in [-0.4, -0.2) is 127 Å². The average molecular weight is 781 g/mol. The molecular formula is C42H68O13. The summed E-state index contributed by atoms with van der Waals surface area (Å²) in [6.07, 6.45) is -6.63. The van der Waals surface area contributed by atoms with Crippen molar-refractivity contribution in [1.82, 2.24) is 0 Å². The number of aliphatic hydroxyl groups excluding tert-OH is 7. The maximum Gasteiger partial charge on any atom is 0.335 e. The number of carbonyl (C=O) groups is 1. The number of carboxylic acids is 1. The van der Waals surface area contributed by atoms with Crippen LogP contribution in [0.5, 0.6) is 0 Å². The molecular weight excluding hydrogens is 712 g/mol. The molecule has 0 aromatic heterocycles. The second-order valence-electron chi connectivity index (χ2n) is 21.0. The van der Waals surface area contributed by atoms with Crippen LogP contribution in [0.15, 0.2) is 11.6 Å². The molecule has 2 heterocycles. The molecule has 13 heteroatoms. The van der Waals surface area contributed by atoms with E-state index in [1.165, 1.54) is 0 Å². The first-order valence-electron chi connectivity index (χ1n) is 20.7. The zero-order valence-corrected chi connectivity index (χ0v) is 33.9. The third-order valence-electron chi connectivity index (χ3n) is 17.3. The molecule has 8 N–H and O–H groups in total. The number of hydrogen-bond acceptors (Lipinski definition) is 12. The Morgan fingerprint density at radius 1 is 0.745 bits per heavy atom. The number of aliphatic carboxylic acids is 1. The molecule has 7 aliphatic rings. The van der Waals surface area contributed by atoms with E-state index >= 15 is 0 Å². The van der Waals surface area contributed by atoms with Gasteiger partial charge in [0, 0.05) is 5.41 Å². The fraction of sp³-hybridized carbons (Fsp3) is 0.929. The van der Waals surface area contributed by atoms with Crippen LogP contribution in [0.2, 0.25) is 0 Å². The van der Waals surface area contributed by atoms with Crippen LogP contribution >= 0.6 is 0 Å². The second-order valence-corrected chi connectivity index (χ2v) is 21.0. The van der Waals surface area contributed by atoms with Gasteiger partial charge in [0.15, 0.2) is 18.7 Å². The first-order chi connectivity index (χ1) is 25.5. The molecule has 2 aliphatic heterocycles. The highest BCUT2D eigenvalue weighted by Crippen LogP contribution is 2.76. The topological polar surface area (TPSA) is 216 Å². The monoisotopic (exact) mass is 780 g/mol. The molecule has 13 nitrogen and oxygen atoms in total. The van der Waals surface area contributed by atoms with Gasteiger partial charge in [0.1, 0.15) is 42.7 Å². The molecule has 0 aromatic carbocycles. The van der Waals surface area contributed by atoms with Gasteiger partial charge in [0.2, 0.25) is 0 Å². The maximum atomic E-state index is 12.2. The van der Waals surface area contributed by atoms with Gasteiger partial charge in [-0.2, -0.15) is 0 Å². The number of rotatable bonds is 6. The van der Waals surface area contributed by atoms with Gasteiger partial charge in [-0.05, 0) is 103 Å². The second kappa shape index (κ2) is 13.9. The summed E-state index contributed by atoms with van der Waals surface area (Å²) in [5, 5.41) is 84.6. The molecule has 0 radical (unpaired) electrons. The first-order valence-corrected chi connectivity index (χ1v) is 20.7. The Kier molecular flexibility index (Phi) is 10.6. The third-order valence-corrected chi connectivity index (χ3v) is 17.3. The molecule has 0 unspecified atom stereocenters. The summed E-state index contributed by atoms with van der Waals surface area (Å²) >= 11 is 0. The Morgan fingerprint density at radius 2 is 1.44 bits per heavy atom. The first kappa shape index (κ1) is 41.9. The van der Waals surface area contributed by atoms with Crippen molar-refractivity contribution >= 4 is 5.97 Å². The van der Waals surface area contributed by atoms with Crippen molar-refractivity contribution in [3.05, 3.63) is 11.6 Å². The molecule has 2 saturated heterocycles. The molecule has 4 saturated carbocycles. The Morgan fingerprint density at radius 3 is 2.09 bits per heavy atom. The maximum absolute atomic E-state index is 12.2. The summed E-state index contributed by atoms with van der Waals surface area (Å²) in [6.45, 7) is 18.1. The molecule has 0 amide bonds. The molecule has 6 fully saturated rings. The fourth-order valence-electron chi connectivity index (χ4n) is 13.7. The van der Waals surface area contributed by atoms with Gasteiger partial charge in [-0.15, -0.1) is 0 Å². The van der Waals surface area contributed by atoms with Gasteiger partial charge in [0.05, 0.1) is 18.8 Å². The predicted octanol–water partition coefficient (Wildman–Crippen LogP) is 2.88. The van der Waals surface area contributed by atoms with Crippen molar-refractivity contribution < 1.29 is 64.6 Å². The van der Waals surface area contributed by atoms with Crippen molar-refractivity contribution in [2.24, 2.45) is 50.2 Å². The Labute approximate surface area is 325 Å². The number of allylic oxidation sites excluding steroid dienone is 2. The predicted molar refractivity (Wildman–Crippen MR) is 198 cm³/mol. The van der Waals surface area contributed by atoms with Crippen molar-refractivity contribution in [2.75, 3.05) is 6.61 Å². The van der Waals surface area contributed by atoms with Crippen LogP contribution in [0.3, 0.4) is 0 Å². The van der Waals surface area contributed by atoms with E-state index in [9.17, 15) is 45.6 Å². The van der Waals surface area contributed by atoms with Gasteiger partial charge in [-0.3, -0.25) is 0 Å². The lowest BCUT2D eigenvalue weighted by atomic mass is 9.33. The van der Waals surface area contributed by atoms with Gasteiger partial charge in [-0.25, -0.2) is 4.79 Å². The summed E-state index contributed by atoms with van der Waals surface area (Å²) in [4.78, 5) is 12.2. The van der Waals surface area contributed by atoms with Gasteiger partial charge < -0.3 is 59.8 Å². The molecule has 0 bridgehead atoms. The highest BCUT2D eigenvalue weighted by atomic mass is 16.8. The lowest BCUT2D eigenvalue weighted by molar-refractivity contribution is -0.374. The third kappa shape index (κ3) is 6.23. The summed E-state index contributed by atoms with van der Waals surface area (Å²) in [6, 6.07) is 0. The number of ether oxygens (including phenoxy) is 4. The highest BCUT2D eigenvalue weighted by molar-refractivity contribution is 5.73. The minimum absolute atomic E-state index is 0.00638. The van der Waals surface area contributed by atoms with Gasteiger partial charge >= 0.3 is 5.97 Å². The molecule has 7 rings (SSSR count). The minimum atomic E-state index is -1.92. The van der Waals surface area contributed by atoms with Crippen LogP contribution in [-0.2, 0) is 23.7 Å². The van der Waals surface area contributed by atoms with Crippen molar-refractivity contribution in [3.63, 3.8) is 0 Å². The van der Waals surface area contributed by atoms with Gasteiger partial charge in [-0.1, -0.05) is 67.0 Å². The van der Waals surface area contributed by atoms with E-state index in [2.05, 4.69) is 61.5 Å². The van der Waals surface area contributed by atoms with Crippen molar-refractivity contribution in [1.29, 1.82) is 0 Å². The van der Waals surface area contributed by atoms with Crippen LogP contribution in [0.25, 0.3) is 0 Å². The van der Waals surface area contributed by atoms with E-state index in [0.717, 1.165) is 51.4 Å². The number of carboxylic acid groups (broad SMARTS) is 1. The van der Waals surface area contributed by atoms with E-state index in [0.29, 0.717) is 18.3 Å². The largest absolute Gasteiger partial charge is 0.479 e. The molecule has 5 aliphatic carbocycles. The van der Waals surface area contributed by atoms with Crippen LogP contribution < -0.4 is 0 Å². The van der Waals surface area contributed by atoms with Crippen molar-refractivity contribution in [3.8, 4) is 0 Å². The van der Waals surface area contributed by atoms with E-state index in [1.54, 1.807) is 5.57 Å². The zero-order valence-electron chi connectivity index (χ0n) is 33.9. The zero-order chi connectivity index (χ0) is 40.4. The van der Waals surface area contributed by atoms with Gasteiger partial charge in [0.25, 0.3) is 0 Å². The molecule has 19 atom stereocenters. The van der Waals surface area contributed by atoms with E-state index in [-0.39, 0.29) is 39.1 Å². The average Bonchev–Trinajstić information content (AvgIpc) is 3.10.